The Bertz CT molecular complexity index is 2620. The van der Waals surface area contributed by atoms with Crippen LogP contribution in [0.1, 0.15) is 46.9 Å². The molecule has 16 heteroatoms. The molecule has 6 heterocycles. The average molecular weight is 921 g/mol. The van der Waals surface area contributed by atoms with Crippen molar-refractivity contribution in [2.24, 2.45) is 0 Å². The number of aromatic nitrogens is 2. The predicted octanol–water partition coefficient (Wildman–Crippen LogP) is 5.35. The number of benzene rings is 4. The second-order valence-electron chi connectivity index (χ2n) is 18.7. The van der Waals surface area contributed by atoms with Crippen molar-refractivity contribution in [3.63, 3.8) is 0 Å². The number of carbonyl (C=O) groups excluding carboxylic acids is 4. The largest absolute Gasteiger partial charge is 0.443 e. The van der Waals surface area contributed by atoms with E-state index in [9.17, 15) is 19.2 Å². The Morgan fingerprint density at radius 3 is 1.41 bits per heavy atom. The second-order valence-corrected chi connectivity index (χ2v) is 18.7. The van der Waals surface area contributed by atoms with E-state index in [0.29, 0.717) is 13.1 Å². The minimum atomic E-state index is -1.45. The Balaban J connectivity index is 0.646. The first-order valence-corrected chi connectivity index (χ1v) is 23.9. The third-order valence-electron chi connectivity index (χ3n) is 14.5. The van der Waals surface area contributed by atoms with Crippen molar-refractivity contribution >= 4 is 68.3 Å². The Hall–Kier alpha value is -7.04. The first-order chi connectivity index (χ1) is 33.1. The number of nitrogens with one attached hydrogen (secondary N) is 4. The summed E-state index contributed by atoms with van der Waals surface area (Å²) in [4.78, 5) is 81.5. The van der Waals surface area contributed by atoms with Crippen LogP contribution in [0.15, 0.2) is 97.3 Å². The molecule has 4 aromatic carbocycles. The van der Waals surface area contributed by atoms with Gasteiger partial charge in [0.2, 0.25) is 0 Å². The van der Waals surface area contributed by atoms with Gasteiger partial charge in [0.15, 0.2) is 0 Å². The number of H-pyrrole nitrogens is 2. The summed E-state index contributed by atoms with van der Waals surface area (Å²) < 4.78 is 0. The molecule has 2 saturated heterocycles. The lowest BCUT2D eigenvalue weighted by atomic mass is 9.93. The van der Waals surface area contributed by atoms with Gasteiger partial charge in [-0.25, -0.2) is 9.59 Å². The van der Waals surface area contributed by atoms with Crippen LogP contribution in [-0.4, -0.2) is 135 Å². The summed E-state index contributed by atoms with van der Waals surface area (Å²) in [5, 5.41) is 2.44. The molecular formula is C52H60N10O6. The van der Waals surface area contributed by atoms with Crippen LogP contribution in [0.3, 0.4) is 0 Å². The fraction of sp³-hybridized carbons (Fsp3) is 0.385. The van der Waals surface area contributed by atoms with Crippen molar-refractivity contribution in [2.75, 3.05) is 111 Å². The number of anilines is 4. The fourth-order valence-electron chi connectivity index (χ4n) is 10.9. The van der Waals surface area contributed by atoms with Crippen LogP contribution in [0.2, 0.25) is 0 Å². The van der Waals surface area contributed by atoms with E-state index in [-0.39, 0.29) is 24.9 Å². The quantitative estimate of drug-likeness (QED) is 0.0923. The van der Waals surface area contributed by atoms with Gasteiger partial charge in [0, 0.05) is 134 Å². The molecule has 16 nitrogen and oxygen atoms in total. The van der Waals surface area contributed by atoms with Crippen LogP contribution in [0.25, 0.3) is 21.8 Å². The normalized spacial score (nSPS) is 18.5. The highest BCUT2D eigenvalue weighted by molar-refractivity contribution is 6.29. The van der Waals surface area contributed by atoms with Crippen LogP contribution >= 0.6 is 0 Å². The SMILES string of the molecule is Cc1cccc2c1C(CCN1CCN(c3ccc4[nH]ccc4c3)CC1)CN2CC(=O)NOC(=O)C(=O)ONC(=O)CN1CC(CCN2CCN(c3ccc4[nH]ccc4c3)CC2)c2c(C)cccc21. The van der Waals surface area contributed by atoms with Gasteiger partial charge < -0.3 is 39.2 Å². The smallest absolute Gasteiger partial charge is 0.369 e. The van der Waals surface area contributed by atoms with Crippen LogP contribution in [0.5, 0.6) is 0 Å². The fourth-order valence-corrected chi connectivity index (χ4v) is 10.9. The molecule has 0 radical (unpaired) electrons. The molecule has 10 rings (SSSR count). The number of aromatic amines is 2. The molecule has 68 heavy (non-hydrogen) atoms. The second kappa shape index (κ2) is 19.7. The monoisotopic (exact) mass is 920 g/mol. The minimum Gasteiger partial charge on any atom is -0.369 e. The summed E-state index contributed by atoms with van der Waals surface area (Å²) >= 11 is 0. The summed E-state index contributed by atoms with van der Waals surface area (Å²) in [6.07, 6.45) is 5.82. The molecule has 2 amide bonds. The van der Waals surface area contributed by atoms with E-state index < -0.39 is 23.8 Å². The van der Waals surface area contributed by atoms with E-state index >= 15 is 0 Å². The van der Waals surface area contributed by atoms with E-state index in [1.807, 2.05) is 46.5 Å². The molecule has 4 N–H and O–H groups in total. The molecule has 6 aromatic rings. The number of amides is 2. The lowest BCUT2D eigenvalue weighted by molar-refractivity contribution is -0.179. The van der Waals surface area contributed by atoms with E-state index in [0.717, 1.165) is 101 Å². The van der Waals surface area contributed by atoms with Gasteiger partial charge in [-0.3, -0.25) is 19.4 Å². The maximum Gasteiger partial charge on any atom is 0.443 e. The first kappa shape index (κ1) is 44.8. The van der Waals surface area contributed by atoms with Gasteiger partial charge in [0.1, 0.15) is 0 Å². The molecule has 0 spiro atoms. The van der Waals surface area contributed by atoms with Crippen LogP contribution < -0.4 is 30.6 Å². The molecule has 4 aliphatic heterocycles. The van der Waals surface area contributed by atoms with Gasteiger partial charge in [-0.2, -0.15) is 11.0 Å². The molecule has 0 bridgehead atoms. The number of hydrogen-bond acceptors (Lipinski definition) is 12. The van der Waals surface area contributed by atoms with E-state index in [4.69, 9.17) is 9.68 Å². The topological polar surface area (TPSA) is 162 Å². The number of piperazine rings is 2. The lowest BCUT2D eigenvalue weighted by Crippen LogP contribution is -2.47. The third kappa shape index (κ3) is 9.69. The molecular weight excluding hydrogens is 861 g/mol. The maximum atomic E-state index is 13.1. The Labute approximate surface area is 396 Å². The number of carbonyl (C=O) groups is 4. The first-order valence-electron chi connectivity index (χ1n) is 23.9. The van der Waals surface area contributed by atoms with Gasteiger partial charge in [0.25, 0.3) is 11.8 Å². The number of aryl methyl sites for hydroxylation is 2. The summed E-state index contributed by atoms with van der Waals surface area (Å²) in [6, 6.07) is 29.6. The highest BCUT2D eigenvalue weighted by Gasteiger charge is 2.34. The highest BCUT2D eigenvalue weighted by atomic mass is 16.7. The Morgan fingerprint density at radius 2 is 0.985 bits per heavy atom. The highest BCUT2D eigenvalue weighted by Crippen LogP contribution is 2.41. The Morgan fingerprint density at radius 1 is 0.559 bits per heavy atom. The molecule has 354 valence electrons. The predicted molar refractivity (Wildman–Crippen MR) is 264 cm³/mol. The van der Waals surface area contributed by atoms with E-state index in [1.165, 1.54) is 44.4 Å². The number of fused-ring (bicyclic) bond motifs is 4. The molecule has 0 aliphatic carbocycles. The number of hydrogen-bond donors (Lipinski definition) is 4. The van der Waals surface area contributed by atoms with Crippen molar-refractivity contribution in [3.05, 3.63) is 120 Å². The van der Waals surface area contributed by atoms with Crippen molar-refractivity contribution < 1.29 is 28.9 Å². The molecule has 2 aromatic heterocycles. The zero-order valence-corrected chi connectivity index (χ0v) is 38.8. The van der Waals surface area contributed by atoms with Gasteiger partial charge >= 0.3 is 11.9 Å². The van der Waals surface area contributed by atoms with Crippen molar-refractivity contribution in [1.29, 1.82) is 0 Å². The summed E-state index contributed by atoms with van der Waals surface area (Å²) in [6.45, 7) is 15.0. The van der Waals surface area contributed by atoms with Gasteiger partial charge in [-0.15, -0.1) is 0 Å². The number of hydroxylamine groups is 2. The molecule has 0 saturated carbocycles. The van der Waals surface area contributed by atoms with Gasteiger partial charge in [-0.1, -0.05) is 24.3 Å². The maximum absolute atomic E-state index is 13.1. The summed E-state index contributed by atoms with van der Waals surface area (Å²) in [7, 11) is 0. The standard InChI is InChI=1S/C52H60N10O6/c1-35-5-3-7-45-49(35)39(15-19-57-21-25-59(26-22-57)41-9-11-43-37(29-41)13-17-53-43)31-61(45)33-47(63)55-67-51(65)52(66)68-56-48(64)34-62-32-40(50-36(2)6-4-8-46(50)62)16-20-58-23-27-60(28-24-58)42-10-12-44-38(30-42)14-18-54-44/h3-14,17-18,29-30,39-40,53-54H,15-16,19-28,31-34H2,1-2H3,(H,55,63)(H,56,64). The van der Waals surface area contributed by atoms with E-state index in [1.54, 1.807) is 0 Å². The zero-order valence-electron chi connectivity index (χ0n) is 38.8. The minimum absolute atomic E-state index is 0.0728. The van der Waals surface area contributed by atoms with Gasteiger partial charge in [0.05, 0.1) is 13.1 Å². The van der Waals surface area contributed by atoms with Crippen LogP contribution in [0.4, 0.5) is 22.7 Å². The van der Waals surface area contributed by atoms with Crippen LogP contribution in [0, 0.1) is 13.8 Å². The molecule has 2 unspecified atom stereocenters. The Kier molecular flexibility index (Phi) is 12.9. The van der Waals surface area contributed by atoms with Crippen molar-refractivity contribution in [1.82, 2.24) is 30.7 Å². The zero-order chi connectivity index (χ0) is 46.7. The summed E-state index contributed by atoms with van der Waals surface area (Å²) in [5.41, 5.74) is 15.7. The summed E-state index contributed by atoms with van der Waals surface area (Å²) in [5.74, 6) is -3.65. The number of rotatable bonds is 12. The lowest BCUT2D eigenvalue weighted by Gasteiger charge is -2.36. The third-order valence-corrected chi connectivity index (χ3v) is 14.5. The van der Waals surface area contributed by atoms with Gasteiger partial charge in [-0.05, 0) is 123 Å². The van der Waals surface area contributed by atoms with E-state index in [2.05, 4.69) is 115 Å². The molecule has 2 fully saturated rings. The molecule has 4 aliphatic rings. The average Bonchev–Trinajstić information content (AvgIpc) is 4.17. The van der Waals surface area contributed by atoms with Crippen molar-refractivity contribution in [3.8, 4) is 0 Å². The molecule has 2 atom stereocenters. The van der Waals surface area contributed by atoms with Crippen LogP contribution in [-0.2, 0) is 28.9 Å². The number of nitrogens with zero attached hydrogens (tertiary/aromatic N) is 6. The van der Waals surface area contributed by atoms with Crippen molar-refractivity contribution in [2.45, 2.75) is 38.5 Å².